The molecule has 0 saturated carbocycles. The number of urea groups is 1. The maximum Gasteiger partial charge on any atom is 0.328 e. The maximum atomic E-state index is 11.9. The van der Waals surface area contributed by atoms with Crippen molar-refractivity contribution in [1.29, 1.82) is 0 Å². The molecule has 1 aliphatic rings. The number of nitrogens with zero attached hydrogens (tertiary/aromatic N) is 1. The van der Waals surface area contributed by atoms with Gasteiger partial charge in [-0.1, -0.05) is 0 Å². The van der Waals surface area contributed by atoms with E-state index in [-0.39, 0.29) is 18.2 Å². The molecular formula is C11H20N2O4. The Morgan fingerprint density at radius 1 is 1.35 bits per heavy atom. The Morgan fingerprint density at radius 3 is 2.35 bits per heavy atom. The second kappa shape index (κ2) is 5.86. The summed E-state index contributed by atoms with van der Waals surface area (Å²) in [5.74, 6) is -0.451. The van der Waals surface area contributed by atoms with Crippen LogP contribution in [-0.2, 0) is 14.3 Å². The van der Waals surface area contributed by atoms with Crippen LogP contribution in [0.2, 0.25) is 0 Å². The largest absolute Gasteiger partial charge is 0.467 e. The molecule has 1 aliphatic heterocycles. The smallest absolute Gasteiger partial charge is 0.328 e. The summed E-state index contributed by atoms with van der Waals surface area (Å²) in [5.41, 5.74) is 0. The molecular weight excluding hydrogens is 224 g/mol. The molecule has 6 heteroatoms. The number of ether oxygens (including phenoxy) is 2. The Hall–Kier alpha value is -1.30. The zero-order valence-corrected chi connectivity index (χ0v) is 10.7. The minimum atomic E-state index is -0.638. The summed E-state index contributed by atoms with van der Waals surface area (Å²) in [7, 11) is 1.30. The number of carbonyl (C=O) groups is 2. The van der Waals surface area contributed by atoms with Gasteiger partial charge in [0.2, 0.25) is 0 Å². The quantitative estimate of drug-likeness (QED) is 0.712. The van der Waals surface area contributed by atoms with Gasteiger partial charge in [0.15, 0.2) is 0 Å². The number of esters is 1. The molecule has 0 aromatic rings. The summed E-state index contributed by atoms with van der Waals surface area (Å²) in [5, 5.41) is 2.60. The monoisotopic (exact) mass is 244 g/mol. The standard InChI is InChI=1S/C11H20N2O4/c1-7-5-13(6-8(2)17-7)11(15)12-9(3)10(14)16-4/h7-9H,5-6H2,1-4H3,(H,12,15)/t7-,8+,9-/m0/s1. The molecule has 0 aliphatic carbocycles. The highest BCUT2D eigenvalue weighted by Crippen LogP contribution is 2.10. The second-order valence-electron chi connectivity index (χ2n) is 4.36. The minimum Gasteiger partial charge on any atom is -0.467 e. The lowest BCUT2D eigenvalue weighted by Gasteiger charge is -2.35. The minimum absolute atomic E-state index is 0.0120. The maximum absolute atomic E-state index is 11.9. The van der Waals surface area contributed by atoms with Crippen molar-refractivity contribution in [2.45, 2.75) is 39.0 Å². The predicted octanol–water partition coefficient (Wildman–Crippen LogP) is 0.367. The number of amides is 2. The zero-order chi connectivity index (χ0) is 13.0. The van der Waals surface area contributed by atoms with Crippen LogP contribution in [0.25, 0.3) is 0 Å². The summed E-state index contributed by atoms with van der Waals surface area (Å²) in [6.07, 6.45) is 0.0239. The summed E-state index contributed by atoms with van der Waals surface area (Å²) in [6, 6.07) is -0.897. The molecule has 0 unspecified atom stereocenters. The van der Waals surface area contributed by atoms with Crippen molar-refractivity contribution < 1.29 is 19.1 Å². The van der Waals surface area contributed by atoms with Gasteiger partial charge < -0.3 is 19.7 Å². The van der Waals surface area contributed by atoms with Crippen LogP contribution in [0.3, 0.4) is 0 Å². The van der Waals surface area contributed by atoms with E-state index in [1.807, 2.05) is 13.8 Å². The predicted molar refractivity (Wildman–Crippen MR) is 61.6 cm³/mol. The van der Waals surface area contributed by atoms with Crippen molar-refractivity contribution in [3.05, 3.63) is 0 Å². The van der Waals surface area contributed by atoms with E-state index in [0.717, 1.165) is 0 Å². The van der Waals surface area contributed by atoms with Gasteiger partial charge in [-0.05, 0) is 20.8 Å². The van der Waals surface area contributed by atoms with Crippen molar-refractivity contribution in [1.82, 2.24) is 10.2 Å². The van der Waals surface area contributed by atoms with E-state index < -0.39 is 12.0 Å². The van der Waals surface area contributed by atoms with Gasteiger partial charge in [-0.15, -0.1) is 0 Å². The lowest BCUT2D eigenvalue weighted by atomic mass is 10.2. The molecule has 0 radical (unpaired) electrons. The molecule has 1 heterocycles. The molecule has 2 amide bonds. The number of hydrogen-bond donors (Lipinski definition) is 1. The molecule has 0 aromatic heterocycles. The zero-order valence-electron chi connectivity index (χ0n) is 10.7. The fourth-order valence-corrected chi connectivity index (χ4v) is 1.86. The van der Waals surface area contributed by atoms with Gasteiger partial charge in [0, 0.05) is 13.1 Å². The van der Waals surface area contributed by atoms with Gasteiger partial charge >= 0.3 is 12.0 Å². The molecule has 3 atom stereocenters. The van der Waals surface area contributed by atoms with Gasteiger partial charge in [-0.25, -0.2) is 9.59 Å². The van der Waals surface area contributed by atoms with Crippen LogP contribution in [-0.4, -0.2) is 55.3 Å². The fourth-order valence-electron chi connectivity index (χ4n) is 1.86. The van der Waals surface area contributed by atoms with Crippen LogP contribution in [0.5, 0.6) is 0 Å². The highest BCUT2D eigenvalue weighted by atomic mass is 16.5. The van der Waals surface area contributed by atoms with E-state index in [0.29, 0.717) is 13.1 Å². The first-order valence-corrected chi connectivity index (χ1v) is 5.72. The first-order valence-electron chi connectivity index (χ1n) is 5.72. The first kappa shape index (κ1) is 13.8. The highest BCUT2D eigenvalue weighted by molar-refractivity contribution is 5.83. The first-order chi connectivity index (χ1) is 7.93. The normalized spacial score (nSPS) is 26.2. The molecule has 98 valence electrons. The number of rotatable bonds is 2. The van der Waals surface area contributed by atoms with Crippen molar-refractivity contribution in [2.75, 3.05) is 20.2 Å². The third-order valence-electron chi connectivity index (χ3n) is 2.60. The van der Waals surface area contributed by atoms with Crippen molar-refractivity contribution in [3.63, 3.8) is 0 Å². The Labute approximate surface area is 101 Å². The molecule has 0 spiro atoms. The number of carbonyl (C=O) groups excluding carboxylic acids is 2. The third-order valence-corrected chi connectivity index (χ3v) is 2.60. The average Bonchev–Trinajstić information content (AvgIpc) is 2.26. The summed E-state index contributed by atoms with van der Waals surface area (Å²) in [4.78, 5) is 24.7. The highest BCUT2D eigenvalue weighted by Gasteiger charge is 2.27. The molecule has 17 heavy (non-hydrogen) atoms. The van der Waals surface area contributed by atoms with Gasteiger partial charge in [-0.2, -0.15) is 0 Å². The van der Waals surface area contributed by atoms with Crippen LogP contribution < -0.4 is 5.32 Å². The van der Waals surface area contributed by atoms with Gasteiger partial charge in [0.05, 0.1) is 19.3 Å². The molecule has 1 N–H and O–H groups in total. The van der Waals surface area contributed by atoms with E-state index in [2.05, 4.69) is 10.1 Å². The van der Waals surface area contributed by atoms with E-state index >= 15 is 0 Å². The Morgan fingerprint density at radius 2 is 1.88 bits per heavy atom. The van der Waals surface area contributed by atoms with E-state index in [1.54, 1.807) is 11.8 Å². The summed E-state index contributed by atoms with van der Waals surface area (Å²) < 4.78 is 10.1. The Kier molecular flexibility index (Phi) is 4.74. The molecule has 0 bridgehead atoms. The van der Waals surface area contributed by atoms with Crippen LogP contribution >= 0.6 is 0 Å². The third kappa shape index (κ3) is 3.89. The van der Waals surface area contributed by atoms with Crippen molar-refractivity contribution in [3.8, 4) is 0 Å². The molecule has 1 fully saturated rings. The lowest BCUT2D eigenvalue weighted by Crippen LogP contribution is -2.54. The van der Waals surface area contributed by atoms with Crippen molar-refractivity contribution >= 4 is 12.0 Å². The lowest BCUT2D eigenvalue weighted by molar-refractivity contribution is -0.142. The van der Waals surface area contributed by atoms with Crippen LogP contribution in [0.4, 0.5) is 4.79 Å². The Bertz CT molecular complexity index is 285. The number of nitrogens with one attached hydrogen (secondary N) is 1. The number of morpholine rings is 1. The van der Waals surface area contributed by atoms with E-state index in [9.17, 15) is 9.59 Å². The molecule has 1 rings (SSSR count). The average molecular weight is 244 g/mol. The van der Waals surface area contributed by atoms with Gasteiger partial charge in [0.25, 0.3) is 0 Å². The molecule has 6 nitrogen and oxygen atoms in total. The van der Waals surface area contributed by atoms with Crippen molar-refractivity contribution in [2.24, 2.45) is 0 Å². The number of hydrogen-bond acceptors (Lipinski definition) is 4. The Balaban J connectivity index is 2.49. The summed E-state index contributed by atoms with van der Waals surface area (Å²) in [6.45, 7) is 6.49. The molecule has 1 saturated heterocycles. The number of methoxy groups -OCH3 is 1. The SMILES string of the molecule is COC(=O)[C@H](C)NC(=O)N1C[C@@H](C)O[C@@H](C)C1. The fraction of sp³-hybridized carbons (Fsp3) is 0.818. The van der Waals surface area contributed by atoms with Gasteiger partial charge in [-0.3, -0.25) is 0 Å². The topological polar surface area (TPSA) is 67.9 Å². The van der Waals surface area contributed by atoms with E-state index in [1.165, 1.54) is 7.11 Å². The van der Waals surface area contributed by atoms with Crippen LogP contribution in [0.1, 0.15) is 20.8 Å². The summed E-state index contributed by atoms with van der Waals surface area (Å²) >= 11 is 0. The molecule has 0 aromatic carbocycles. The van der Waals surface area contributed by atoms with Gasteiger partial charge in [0.1, 0.15) is 6.04 Å². The second-order valence-corrected chi connectivity index (χ2v) is 4.36. The van der Waals surface area contributed by atoms with E-state index in [4.69, 9.17) is 4.74 Å². The van der Waals surface area contributed by atoms with Crippen LogP contribution in [0.15, 0.2) is 0 Å². The van der Waals surface area contributed by atoms with Crippen LogP contribution in [0, 0.1) is 0 Å².